The Bertz CT molecular complexity index is 488. The Morgan fingerprint density at radius 1 is 1.21 bits per heavy atom. The Balaban J connectivity index is 2.94. The molecule has 0 bridgehead atoms. The third-order valence-corrected chi connectivity index (χ3v) is 9.54. The van der Waals surface area contributed by atoms with Crippen molar-refractivity contribution in [1.29, 1.82) is 0 Å². The van der Waals surface area contributed by atoms with Gasteiger partial charge in [-0.25, -0.2) is 0 Å². The van der Waals surface area contributed by atoms with Gasteiger partial charge >= 0.3 is 118 Å². The SMILES string of the molecule is CCCCI(OS(=O)(=O)C(F)(F)F)c1ccccc1. The summed E-state index contributed by atoms with van der Waals surface area (Å²) in [5.74, 6) is 0. The van der Waals surface area contributed by atoms with Crippen LogP contribution in [-0.2, 0) is 12.6 Å². The van der Waals surface area contributed by atoms with Gasteiger partial charge in [0.2, 0.25) is 0 Å². The molecule has 0 aliphatic rings. The number of hydrogen-bond donors (Lipinski definition) is 0. The van der Waals surface area contributed by atoms with E-state index >= 15 is 0 Å². The number of benzene rings is 1. The first-order valence-corrected chi connectivity index (χ1v) is 10.4. The minimum absolute atomic E-state index is 0.375. The predicted molar refractivity (Wildman–Crippen MR) is 75.0 cm³/mol. The van der Waals surface area contributed by atoms with Crippen LogP contribution >= 0.6 is 20.2 Å². The van der Waals surface area contributed by atoms with Crippen molar-refractivity contribution in [3.8, 4) is 0 Å². The van der Waals surface area contributed by atoms with E-state index in [-0.39, 0.29) is 0 Å². The molecule has 0 saturated carbocycles. The maximum absolute atomic E-state index is 12.3. The second-order valence-corrected chi connectivity index (χ2v) is 10.3. The second kappa shape index (κ2) is 6.89. The summed E-state index contributed by atoms with van der Waals surface area (Å²) in [4.78, 5) is 0. The zero-order valence-corrected chi connectivity index (χ0v) is 13.1. The van der Waals surface area contributed by atoms with Crippen molar-refractivity contribution >= 4 is 30.4 Å². The predicted octanol–water partition coefficient (Wildman–Crippen LogP) is 3.94. The van der Waals surface area contributed by atoms with Crippen molar-refractivity contribution in [3.05, 3.63) is 33.9 Å². The fourth-order valence-corrected chi connectivity index (χ4v) is 8.31. The second-order valence-electron chi connectivity index (χ2n) is 3.62. The summed E-state index contributed by atoms with van der Waals surface area (Å²) in [7, 11) is -5.51. The molecule has 1 aromatic carbocycles. The van der Waals surface area contributed by atoms with Gasteiger partial charge in [0.15, 0.2) is 0 Å². The molecular weight excluding hydrogens is 396 g/mol. The molecule has 0 amide bonds. The summed E-state index contributed by atoms with van der Waals surface area (Å²) in [5, 5.41) is 0. The van der Waals surface area contributed by atoms with Gasteiger partial charge in [0, 0.05) is 0 Å². The van der Waals surface area contributed by atoms with E-state index in [0.29, 0.717) is 14.4 Å². The van der Waals surface area contributed by atoms with E-state index in [0.717, 1.165) is 6.42 Å². The van der Waals surface area contributed by atoms with Crippen LogP contribution in [0.1, 0.15) is 19.8 Å². The monoisotopic (exact) mass is 410 g/mol. The van der Waals surface area contributed by atoms with E-state index in [2.05, 4.69) is 2.51 Å². The molecule has 3 nitrogen and oxygen atoms in total. The number of rotatable bonds is 6. The number of alkyl halides is 4. The van der Waals surface area contributed by atoms with Gasteiger partial charge in [0.1, 0.15) is 0 Å². The van der Waals surface area contributed by atoms with Gasteiger partial charge < -0.3 is 0 Å². The van der Waals surface area contributed by atoms with Crippen LogP contribution in [-0.4, -0.2) is 18.4 Å². The molecule has 1 rings (SSSR count). The standard InChI is InChI=1S/C11H14F3IO3S/c1-2-3-9-15(10-7-5-4-6-8-10)18-19(16,17)11(12,13)14/h4-8H,2-3,9H2,1H3. The van der Waals surface area contributed by atoms with Gasteiger partial charge in [0.25, 0.3) is 0 Å². The van der Waals surface area contributed by atoms with Gasteiger partial charge in [-0.15, -0.1) is 0 Å². The molecule has 110 valence electrons. The molecule has 0 aliphatic heterocycles. The Hall–Kier alpha value is -0.350. The van der Waals surface area contributed by atoms with Gasteiger partial charge in [-0.05, 0) is 0 Å². The van der Waals surface area contributed by atoms with Crippen molar-refractivity contribution in [1.82, 2.24) is 0 Å². The summed E-state index contributed by atoms with van der Waals surface area (Å²) < 4.78 is 64.7. The van der Waals surface area contributed by atoms with Crippen LogP contribution in [0.15, 0.2) is 30.3 Å². The van der Waals surface area contributed by atoms with E-state index in [1.807, 2.05) is 6.92 Å². The van der Waals surface area contributed by atoms with Crippen molar-refractivity contribution in [3.63, 3.8) is 0 Å². The summed E-state index contributed by atoms with van der Waals surface area (Å²) in [6.07, 6.45) is 1.42. The number of unbranched alkanes of at least 4 members (excludes halogenated alkanes) is 1. The first kappa shape index (κ1) is 16.7. The molecule has 0 aromatic heterocycles. The van der Waals surface area contributed by atoms with E-state index in [1.165, 1.54) is 0 Å². The van der Waals surface area contributed by atoms with E-state index < -0.39 is 35.9 Å². The molecule has 8 heteroatoms. The first-order valence-electron chi connectivity index (χ1n) is 5.50. The summed E-state index contributed by atoms with van der Waals surface area (Å²) in [6.45, 7) is 1.89. The van der Waals surface area contributed by atoms with Crippen LogP contribution in [0.5, 0.6) is 0 Å². The summed E-state index contributed by atoms with van der Waals surface area (Å²) in [5.41, 5.74) is -5.36. The summed E-state index contributed by atoms with van der Waals surface area (Å²) >= 11 is -2.84. The van der Waals surface area contributed by atoms with E-state index in [9.17, 15) is 21.6 Å². The third kappa shape index (κ3) is 4.92. The summed E-state index contributed by atoms with van der Waals surface area (Å²) in [6, 6.07) is 8.28. The van der Waals surface area contributed by atoms with E-state index in [4.69, 9.17) is 0 Å². The molecule has 1 aromatic rings. The van der Waals surface area contributed by atoms with Crippen LogP contribution in [0.25, 0.3) is 0 Å². The quantitative estimate of drug-likeness (QED) is 0.406. The molecular formula is C11H14F3IO3S. The Morgan fingerprint density at radius 2 is 1.79 bits per heavy atom. The van der Waals surface area contributed by atoms with Crippen LogP contribution in [0, 0.1) is 3.57 Å². The van der Waals surface area contributed by atoms with Gasteiger partial charge in [-0.2, -0.15) is 0 Å². The first-order chi connectivity index (χ1) is 8.78. The average molecular weight is 410 g/mol. The Kier molecular flexibility index (Phi) is 6.06. The fraction of sp³-hybridized carbons (Fsp3) is 0.455. The molecule has 0 spiro atoms. The van der Waals surface area contributed by atoms with Crippen molar-refractivity contribution in [2.75, 3.05) is 4.43 Å². The average Bonchev–Trinajstić information content (AvgIpc) is 2.34. The van der Waals surface area contributed by atoms with Crippen molar-refractivity contribution in [2.45, 2.75) is 25.3 Å². The number of halogens is 4. The molecule has 0 N–H and O–H groups in total. The molecule has 19 heavy (non-hydrogen) atoms. The molecule has 0 radical (unpaired) electrons. The zero-order valence-electron chi connectivity index (χ0n) is 10.2. The normalized spacial score (nSPS) is 13.4. The van der Waals surface area contributed by atoms with E-state index in [1.54, 1.807) is 30.3 Å². The molecule has 0 atom stereocenters. The zero-order chi connectivity index (χ0) is 14.5. The van der Waals surface area contributed by atoms with Crippen molar-refractivity contribution in [2.24, 2.45) is 0 Å². The minimum atomic E-state index is -5.51. The van der Waals surface area contributed by atoms with Crippen molar-refractivity contribution < 1.29 is 24.1 Å². The molecule has 0 unspecified atom stereocenters. The maximum atomic E-state index is 12.3. The van der Waals surface area contributed by atoms with Crippen LogP contribution in [0.3, 0.4) is 0 Å². The van der Waals surface area contributed by atoms with Gasteiger partial charge in [0.05, 0.1) is 0 Å². The number of hydrogen-bond acceptors (Lipinski definition) is 3. The van der Waals surface area contributed by atoms with Crippen LogP contribution in [0.4, 0.5) is 13.2 Å². The van der Waals surface area contributed by atoms with Gasteiger partial charge in [-0.1, -0.05) is 0 Å². The topological polar surface area (TPSA) is 43.4 Å². The van der Waals surface area contributed by atoms with Crippen LogP contribution < -0.4 is 0 Å². The Labute approximate surface area is 118 Å². The molecule has 0 saturated heterocycles. The van der Waals surface area contributed by atoms with Gasteiger partial charge in [-0.3, -0.25) is 0 Å². The molecule has 0 heterocycles. The third-order valence-electron chi connectivity index (χ3n) is 2.08. The Morgan fingerprint density at radius 3 is 2.26 bits per heavy atom. The molecule has 0 fully saturated rings. The fourth-order valence-electron chi connectivity index (χ4n) is 1.12. The molecule has 0 aliphatic carbocycles. The van der Waals surface area contributed by atoms with Crippen LogP contribution in [0.2, 0.25) is 0 Å².